The lowest BCUT2D eigenvalue weighted by Crippen LogP contribution is -2.56. The third-order valence-corrected chi connectivity index (χ3v) is 3.90. The van der Waals surface area contributed by atoms with Crippen LogP contribution in [-0.2, 0) is 9.59 Å². The lowest BCUT2D eigenvalue weighted by molar-refractivity contribution is -0.158. The fourth-order valence-corrected chi connectivity index (χ4v) is 2.80. The molecular formula is C13H23NO3. The SMILES string of the molecule is CC1CCCC(C(=O)O)(N(C=O)C(C)C)CC1. The molecule has 1 fully saturated rings. The molecule has 0 saturated heterocycles. The Labute approximate surface area is 103 Å². The van der Waals surface area contributed by atoms with E-state index in [1.54, 1.807) is 0 Å². The Bertz CT molecular complexity index is 290. The second kappa shape index (κ2) is 5.52. The first-order valence-corrected chi connectivity index (χ1v) is 6.41. The maximum Gasteiger partial charge on any atom is 0.329 e. The minimum atomic E-state index is -0.985. The monoisotopic (exact) mass is 241 g/mol. The Morgan fingerprint density at radius 1 is 1.41 bits per heavy atom. The van der Waals surface area contributed by atoms with Crippen molar-refractivity contribution in [3.63, 3.8) is 0 Å². The van der Waals surface area contributed by atoms with Gasteiger partial charge in [0, 0.05) is 6.04 Å². The highest BCUT2D eigenvalue weighted by atomic mass is 16.4. The number of rotatable bonds is 4. The third kappa shape index (κ3) is 2.79. The molecule has 1 aliphatic carbocycles. The molecule has 0 bridgehead atoms. The van der Waals surface area contributed by atoms with Gasteiger partial charge in [-0.15, -0.1) is 0 Å². The van der Waals surface area contributed by atoms with Gasteiger partial charge in [0.05, 0.1) is 0 Å². The first-order chi connectivity index (χ1) is 7.94. The molecule has 4 heteroatoms. The fraction of sp³-hybridized carbons (Fsp3) is 0.846. The summed E-state index contributed by atoms with van der Waals surface area (Å²) in [6.07, 6.45) is 4.66. The van der Waals surface area contributed by atoms with Gasteiger partial charge in [0.15, 0.2) is 0 Å². The fourth-order valence-electron chi connectivity index (χ4n) is 2.80. The summed E-state index contributed by atoms with van der Waals surface area (Å²) >= 11 is 0. The largest absolute Gasteiger partial charge is 0.479 e. The molecule has 4 nitrogen and oxygen atoms in total. The van der Waals surface area contributed by atoms with Crippen molar-refractivity contribution in [3.05, 3.63) is 0 Å². The van der Waals surface area contributed by atoms with E-state index in [1.165, 1.54) is 4.90 Å². The second-order valence-electron chi connectivity index (χ2n) is 5.48. The molecular weight excluding hydrogens is 218 g/mol. The summed E-state index contributed by atoms with van der Waals surface area (Å²) in [4.78, 5) is 24.3. The van der Waals surface area contributed by atoms with Gasteiger partial charge in [-0.1, -0.05) is 19.8 Å². The Morgan fingerprint density at radius 3 is 2.53 bits per heavy atom. The van der Waals surface area contributed by atoms with Crippen molar-refractivity contribution in [1.29, 1.82) is 0 Å². The van der Waals surface area contributed by atoms with Gasteiger partial charge in [-0.3, -0.25) is 4.79 Å². The lowest BCUT2D eigenvalue weighted by Gasteiger charge is -2.40. The average Bonchev–Trinajstić information content (AvgIpc) is 2.42. The first kappa shape index (κ1) is 14.0. The molecule has 17 heavy (non-hydrogen) atoms. The molecule has 0 heterocycles. The highest BCUT2D eigenvalue weighted by Crippen LogP contribution is 2.35. The molecule has 1 aliphatic rings. The lowest BCUT2D eigenvalue weighted by atomic mass is 9.87. The number of carbonyl (C=O) groups excluding carboxylic acids is 1. The van der Waals surface area contributed by atoms with Crippen molar-refractivity contribution in [2.75, 3.05) is 0 Å². The van der Waals surface area contributed by atoms with Crippen molar-refractivity contribution in [2.45, 2.75) is 64.5 Å². The zero-order valence-corrected chi connectivity index (χ0v) is 11.0. The number of hydrogen-bond donors (Lipinski definition) is 1. The van der Waals surface area contributed by atoms with Gasteiger partial charge >= 0.3 is 5.97 Å². The predicted molar refractivity (Wildman–Crippen MR) is 65.7 cm³/mol. The van der Waals surface area contributed by atoms with Crippen LogP contribution < -0.4 is 0 Å². The van der Waals surface area contributed by atoms with Gasteiger partial charge in [-0.2, -0.15) is 0 Å². The molecule has 1 saturated carbocycles. The molecule has 0 radical (unpaired) electrons. The second-order valence-corrected chi connectivity index (χ2v) is 5.48. The number of aliphatic carboxylic acids is 1. The molecule has 0 aromatic rings. The number of hydrogen-bond acceptors (Lipinski definition) is 2. The zero-order valence-electron chi connectivity index (χ0n) is 11.0. The Morgan fingerprint density at radius 2 is 2.06 bits per heavy atom. The number of nitrogens with zero attached hydrogens (tertiary/aromatic N) is 1. The number of amides is 1. The van der Waals surface area contributed by atoms with Crippen LogP contribution in [0.15, 0.2) is 0 Å². The van der Waals surface area contributed by atoms with E-state index in [0.717, 1.165) is 19.3 Å². The maximum absolute atomic E-state index is 11.6. The summed E-state index contributed by atoms with van der Waals surface area (Å²) in [6.45, 7) is 5.89. The molecule has 1 N–H and O–H groups in total. The van der Waals surface area contributed by atoms with E-state index >= 15 is 0 Å². The standard InChI is InChI=1S/C13H23NO3/c1-10(2)14(9-15)13(12(16)17)7-4-5-11(3)6-8-13/h9-11H,4-8H2,1-3H3,(H,16,17). The van der Waals surface area contributed by atoms with Gasteiger partial charge in [-0.05, 0) is 39.0 Å². The quantitative estimate of drug-likeness (QED) is 0.607. The molecule has 0 aromatic carbocycles. The molecule has 2 unspecified atom stereocenters. The van der Waals surface area contributed by atoms with Gasteiger partial charge in [0.1, 0.15) is 5.54 Å². The van der Waals surface area contributed by atoms with Crippen LogP contribution in [0.2, 0.25) is 0 Å². The van der Waals surface area contributed by atoms with Crippen LogP contribution in [0.25, 0.3) is 0 Å². The minimum absolute atomic E-state index is 0.0722. The molecule has 1 amide bonds. The van der Waals surface area contributed by atoms with E-state index in [1.807, 2.05) is 13.8 Å². The van der Waals surface area contributed by atoms with Gasteiger partial charge in [-0.25, -0.2) is 4.79 Å². The van der Waals surface area contributed by atoms with Crippen LogP contribution in [0.1, 0.15) is 52.9 Å². The smallest absolute Gasteiger partial charge is 0.329 e. The van der Waals surface area contributed by atoms with E-state index in [0.29, 0.717) is 25.2 Å². The van der Waals surface area contributed by atoms with Crippen molar-refractivity contribution >= 4 is 12.4 Å². The minimum Gasteiger partial charge on any atom is -0.479 e. The van der Waals surface area contributed by atoms with Crippen molar-refractivity contribution in [1.82, 2.24) is 4.90 Å². The Balaban J connectivity index is 3.02. The summed E-state index contributed by atoms with van der Waals surface area (Å²) in [5.41, 5.74) is -0.985. The molecule has 98 valence electrons. The Kier molecular flexibility index (Phi) is 4.54. The molecule has 0 aliphatic heterocycles. The molecule has 2 atom stereocenters. The van der Waals surface area contributed by atoms with Crippen LogP contribution >= 0.6 is 0 Å². The number of carbonyl (C=O) groups is 2. The third-order valence-electron chi connectivity index (χ3n) is 3.90. The predicted octanol–water partition coefficient (Wildman–Crippen LogP) is 2.28. The normalized spacial score (nSPS) is 29.8. The van der Waals surface area contributed by atoms with E-state index in [2.05, 4.69) is 6.92 Å². The van der Waals surface area contributed by atoms with Crippen LogP contribution in [0.3, 0.4) is 0 Å². The summed E-state index contributed by atoms with van der Waals surface area (Å²) in [7, 11) is 0. The summed E-state index contributed by atoms with van der Waals surface area (Å²) in [5.74, 6) is -0.302. The van der Waals surface area contributed by atoms with E-state index in [4.69, 9.17) is 0 Å². The van der Waals surface area contributed by atoms with Gasteiger partial charge in [0.25, 0.3) is 0 Å². The molecule has 0 spiro atoms. The van der Waals surface area contributed by atoms with Crippen LogP contribution in [0, 0.1) is 5.92 Å². The summed E-state index contributed by atoms with van der Waals surface area (Å²) in [6, 6.07) is -0.0722. The maximum atomic E-state index is 11.6. The van der Waals surface area contributed by atoms with E-state index < -0.39 is 11.5 Å². The van der Waals surface area contributed by atoms with Crippen molar-refractivity contribution in [3.8, 4) is 0 Å². The topological polar surface area (TPSA) is 57.6 Å². The average molecular weight is 241 g/mol. The number of carboxylic acid groups (broad SMARTS) is 1. The highest BCUT2D eigenvalue weighted by molar-refractivity contribution is 5.81. The van der Waals surface area contributed by atoms with Gasteiger partial charge in [0.2, 0.25) is 6.41 Å². The molecule has 0 aromatic heterocycles. The van der Waals surface area contributed by atoms with Crippen LogP contribution in [0.4, 0.5) is 0 Å². The highest BCUT2D eigenvalue weighted by Gasteiger charge is 2.45. The summed E-state index contributed by atoms with van der Waals surface area (Å²) in [5, 5.41) is 9.55. The zero-order chi connectivity index (χ0) is 13.1. The first-order valence-electron chi connectivity index (χ1n) is 6.41. The van der Waals surface area contributed by atoms with E-state index in [9.17, 15) is 14.7 Å². The van der Waals surface area contributed by atoms with E-state index in [-0.39, 0.29) is 6.04 Å². The van der Waals surface area contributed by atoms with Crippen LogP contribution in [-0.4, -0.2) is 34.0 Å². The van der Waals surface area contributed by atoms with Gasteiger partial charge < -0.3 is 10.0 Å². The Hall–Kier alpha value is -1.06. The molecule has 1 rings (SSSR count). The van der Waals surface area contributed by atoms with Crippen LogP contribution in [0.5, 0.6) is 0 Å². The number of carboxylic acids is 1. The summed E-state index contributed by atoms with van der Waals surface area (Å²) < 4.78 is 0. The van der Waals surface area contributed by atoms with Crippen molar-refractivity contribution < 1.29 is 14.7 Å². The van der Waals surface area contributed by atoms with Crippen molar-refractivity contribution in [2.24, 2.45) is 5.92 Å².